The van der Waals surface area contributed by atoms with Crippen LogP contribution >= 0.6 is 0 Å². The molecule has 1 saturated carbocycles. The largest absolute Gasteiger partial charge is 0.493 e. The van der Waals surface area contributed by atoms with E-state index in [9.17, 15) is 14.3 Å². The van der Waals surface area contributed by atoms with Crippen LogP contribution in [0.15, 0.2) is 72.8 Å². The second-order valence-corrected chi connectivity index (χ2v) is 8.95. The van der Waals surface area contributed by atoms with Crippen LogP contribution in [0.3, 0.4) is 0 Å². The van der Waals surface area contributed by atoms with Crippen LogP contribution < -0.4 is 4.74 Å². The molecule has 3 aromatic carbocycles. The summed E-state index contributed by atoms with van der Waals surface area (Å²) in [6, 6.07) is 20.9. The highest BCUT2D eigenvalue weighted by atomic mass is 19.1. The number of benzene rings is 3. The van der Waals surface area contributed by atoms with E-state index in [0.717, 1.165) is 36.8 Å². The SMILES string of the molecule is CCCCCCOc1ccccc1C(O)N(C(=O)c1ccc(-c2ccc(F)cc2)cc1)C1CC1.O=CO. The third-order valence-electron chi connectivity index (χ3n) is 6.20. The van der Waals surface area contributed by atoms with Crippen molar-refractivity contribution in [2.24, 2.45) is 0 Å². The van der Waals surface area contributed by atoms with Crippen LogP contribution in [0.4, 0.5) is 4.39 Å². The molecule has 1 unspecified atom stereocenters. The van der Waals surface area contributed by atoms with Crippen molar-refractivity contribution in [3.8, 4) is 16.9 Å². The van der Waals surface area contributed by atoms with E-state index in [-0.39, 0.29) is 24.2 Å². The Balaban J connectivity index is 0.00000121. The van der Waals surface area contributed by atoms with Crippen molar-refractivity contribution in [3.05, 3.63) is 89.7 Å². The van der Waals surface area contributed by atoms with Gasteiger partial charge >= 0.3 is 0 Å². The van der Waals surface area contributed by atoms with E-state index >= 15 is 0 Å². The topological polar surface area (TPSA) is 87.1 Å². The molecule has 7 heteroatoms. The molecule has 1 atom stereocenters. The fourth-order valence-electron chi connectivity index (χ4n) is 4.11. The van der Waals surface area contributed by atoms with Gasteiger partial charge in [-0.05, 0) is 60.7 Å². The number of carbonyl (C=O) groups excluding carboxylic acids is 1. The average molecular weight is 508 g/mol. The smallest absolute Gasteiger partial charge is 0.290 e. The molecule has 0 radical (unpaired) electrons. The van der Waals surface area contributed by atoms with Gasteiger partial charge in [0.25, 0.3) is 12.4 Å². The minimum Gasteiger partial charge on any atom is -0.493 e. The third kappa shape index (κ3) is 7.89. The van der Waals surface area contributed by atoms with Gasteiger partial charge < -0.3 is 19.8 Å². The predicted molar refractivity (Wildman–Crippen MR) is 141 cm³/mol. The first-order valence-corrected chi connectivity index (χ1v) is 12.7. The van der Waals surface area contributed by atoms with Gasteiger partial charge in [-0.25, -0.2) is 4.39 Å². The van der Waals surface area contributed by atoms with Gasteiger partial charge in [-0.2, -0.15) is 0 Å². The van der Waals surface area contributed by atoms with Crippen LogP contribution in [0.25, 0.3) is 11.1 Å². The van der Waals surface area contributed by atoms with Crippen molar-refractivity contribution in [3.63, 3.8) is 0 Å². The minimum atomic E-state index is -1.08. The summed E-state index contributed by atoms with van der Waals surface area (Å²) in [5, 5.41) is 18.2. The van der Waals surface area contributed by atoms with Crippen molar-refractivity contribution in [2.45, 2.75) is 57.7 Å². The number of hydrogen-bond donors (Lipinski definition) is 2. The molecule has 0 spiro atoms. The highest BCUT2D eigenvalue weighted by molar-refractivity contribution is 5.95. The van der Waals surface area contributed by atoms with Crippen LogP contribution in [0, 0.1) is 5.82 Å². The van der Waals surface area contributed by atoms with Gasteiger partial charge in [0.05, 0.1) is 6.61 Å². The van der Waals surface area contributed by atoms with Crippen molar-refractivity contribution < 1.29 is 28.9 Å². The fourth-order valence-corrected chi connectivity index (χ4v) is 4.11. The monoisotopic (exact) mass is 507 g/mol. The summed E-state index contributed by atoms with van der Waals surface area (Å²) in [6.45, 7) is 2.51. The Hall–Kier alpha value is -3.71. The normalized spacial score (nSPS) is 13.2. The molecule has 0 aromatic heterocycles. The molecule has 0 heterocycles. The zero-order chi connectivity index (χ0) is 26.6. The fraction of sp³-hybridized carbons (Fsp3) is 0.333. The Morgan fingerprint density at radius 3 is 2.19 bits per heavy atom. The number of para-hydroxylation sites is 1. The number of halogens is 1. The molecule has 3 aromatic rings. The van der Waals surface area contributed by atoms with Crippen molar-refractivity contribution in [1.82, 2.24) is 4.90 Å². The molecular weight excluding hydrogens is 473 g/mol. The van der Waals surface area contributed by atoms with E-state index in [4.69, 9.17) is 14.6 Å². The summed E-state index contributed by atoms with van der Waals surface area (Å²) in [5.41, 5.74) is 2.90. The maximum atomic E-state index is 13.5. The van der Waals surface area contributed by atoms with E-state index in [1.165, 1.54) is 25.0 Å². The number of carbonyl (C=O) groups is 2. The summed E-state index contributed by atoms with van der Waals surface area (Å²) in [7, 11) is 0. The lowest BCUT2D eigenvalue weighted by molar-refractivity contribution is -0.122. The van der Waals surface area contributed by atoms with Crippen LogP contribution in [-0.2, 0) is 4.79 Å². The molecule has 1 aliphatic rings. The number of amides is 1. The number of aliphatic hydroxyl groups is 1. The van der Waals surface area contributed by atoms with Crippen molar-refractivity contribution in [2.75, 3.05) is 6.61 Å². The Bertz CT molecular complexity index is 1130. The van der Waals surface area contributed by atoms with Crippen LogP contribution in [0.5, 0.6) is 5.75 Å². The number of ether oxygens (including phenoxy) is 1. The highest BCUT2D eigenvalue weighted by Crippen LogP contribution is 2.37. The second-order valence-electron chi connectivity index (χ2n) is 8.95. The van der Waals surface area contributed by atoms with Gasteiger partial charge in [0.15, 0.2) is 6.23 Å². The summed E-state index contributed by atoms with van der Waals surface area (Å²) in [4.78, 5) is 23.4. The lowest BCUT2D eigenvalue weighted by atomic mass is 10.0. The summed E-state index contributed by atoms with van der Waals surface area (Å²) in [5.74, 6) is 0.129. The molecule has 1 aliphatic carbocycles. The molecule has 4 rings (SSSR count). The summed E-state index contributed by atoms with van der Waals surface area (Å²) >= 11 is 0. The molecule has 6 nitrogen and oxygen atoms in total. The lowest BCUT2D eigenvalue weighted by Crippen LogP contribution is -2.37. The van der Waals surface area contributed by atoms with Gasteiger partial charge in [0.2, 0.25) is 0 Å². The molecule has 0 aliphatic heterocycles. The third-order valence-corrected chi connectivity index (χ3v) is 6.20. The number of unbranched alkanes of at least 4 members (excludes halogenated alkanes) is 3. The first-order valence-electron chi connectivity index (χ1n) is 12.7. The van der Waals surface area contributed by atoms with E-state index in [0.29, 0.717) is 23.5 Å². The highest BCUT2D eigenvalue weighted by Gasteiger charge is 2.38. The number of hydrogen-bond acceptors (Lipinski definition) is 4. The van der Waals surface area contributed by atoms with Gasteiger partial charge in [0, 0.05) is 17.2 Å². The number of carboxylic acid groups (broad SMARTS) is 1. The van der Waals surface area contributed by atoms with Gasteiger partial charge in [-0.1, -0.05) is 68.7 Å². The van der Waals surface area contributed by atoms with Gasteiger partial charge in [-0.15, -0.1) is 0 Å². The van der Waals surface area contributed by atoms with Crippen LogP contribution in [-0.4, -0.2) is 40.1 Å². The molecular formula is C30H34FNO5. The van der Waals surface area contributed by atoms with Crippen LogP contribution in [0.2, 0.25) is 0 Å². The number of nitrogens with zero attached hydrogens (tertiary/aromatic N) is 1. The van der Waals surface area contributed by atoms with Gasteiger partial charge in [-0.3, -0.25) is 9.59 Å². The maximum absolute atomic E-state index is 13.5. The quantitative estimate of drug-likeness (QED) is 0.177. The Kier molecular flexibility index (Phi) is 10.6. The molecule has 196 valence electrons. The van der Waals surface area contributed by atoms with Crippen LogP contribution in [0.1, 0.15) is 67.6 Å². The molecule has 0 saturated heterocycles. The second kappa shape index (κ2) is 14.1. The number of aliphatic hydroxyl groups excluding tert-OH is 1. The zero-order valence-corrected chi connectivity index (χ0v) is 21.1. The van der Waals surface area contributed by atoms with Crippen molar-refractivity contribution in [1.29, 1.82) is 0 Å². The molecule has 0 bridgehead atoms. The van der Waals surface area contributed by atoms with E-state index in [1.807, 2.05) is 36.4 Å². The van der Waals surface area contributed by atoms with Gasteiger partial charge in [0.1, 0.15) is 11.6 Å². The Labute approximate surface area is 217 Å². The average Bonchev–Trinajstić information content (AvgIpc) is 3.75. The lowest BCUT2D eigenvalue weighted by Gasteiger charge is -2.29. The summed E-state index contributed by atoms with van der Waals surface area (Å²) in [6.07, 6.45) is 5.08. The minimum absolute atomic E-state index is 0.0110. The summed E-state index contributed by atoms with van der Waals surface area (Å²) < 4.78 is 19.2. The maximum Gasteiger partial charge on any atom is 0.290 e. The number of rotatable bonds is 11. The zero-order valence-electron chi connectivity index (χ0n) is 21.1. The van der Waals surface area contributed by atoms with E-state index in [2.05, 4.69) is 6.92 Å². The Morgan fingerprint density at radius 1 is 1.00 bits per heavy atom. The Morgan fingerprint density at radius 2 is 1.59 bits per heavy atom. The first-order chi connectivity index (χ1) is 18.0. The molecule has 1 amide bonds. The molecule has 2 N–H and O–H groups in total. The predicted octanol–water partition coefficient (Wildman–Crippen LogP) is 6.45. The molecule has 37 heavy (non-hydrogen) atoms. The molecule has 1 fully saturated rings. The standard InChI is InChI=1S/C29H32FNO3.CH2O2/c1-2-3-4-7-20-34-27-9-6-5-8-26(27)29(33)31(25-18-19-25)28(32)23-12-10-21(11-13-23)22-14-16-24(30)17-15-22;2-1-3/h5-6,8-17,25,29,33H,2-4,7,18-20H2,1H3;1H,(H,2,3). The van der Waals surface area contributed by atoms with E-state index < -0.39 is 6.23 Å². The van der Waals surface area contributed by atoms with E-state index in [1.54, 1.807) is 29.2 Å². The first kappa shape index (κ1) is 27.9. The van der Waals surface area contributed by atoms with Crippen molar-refractivity contribution >= 4 is 12.4 Å².